The van der Waals surface area contributed by atoms with E-state index in [4.69, 9.17) is 16.6 Å². The summed E-state index contributed by atoms with van der Waals surface area (Å²) in [6.45, 7) is 3.80. The number of urea groups is 1. The average Bonchev–Trinajstić information content (AvgIpc) is 2.79. The van der Waals surface area contributed by atoms with Crippen molar-refractivity contribution in [1.29, 1.82) is 0 Å². The molecule has 7 heteroatoms. The van der Waals surface area contributed by atoms with Gasteiger partial charge in [0.1, 0.15) is 5.82 Å². The molecule has 1 heterocycles. The van der Waals surface area contributed by atoms with Crippen molar-refractivity contribution < 1.29 is 4.79 Å². The summed E-state index contributed by atoms with van der Waals surface area (Å²) in [6, 6.07) is 21.0. The molecule has 1 atom stereocenters. The minimum atomic E-state index is -0.494. The molecule has 0 saturated heterocycles. The van der Waals surface area contributed by atoms with E-state index < -0.39 is 6.04 Å². The fourth-order valence-corrected chi connectivity index (χ4v) is 3.79. The third-order valence-corrected chi connectivity index (χ3v) is 5.74. The Morgan fingerprint density at radius 1 is 1.06 bits per heavy atom. The summed E-state index contributed by atoms with van der Waals surface area (Å²) in [5, 5.41) is 3.90. The van der Waals surface area contributed by atoms with Gasteiger partial charge >= 0.3 is 6.03 Å². The Morgan fingerprint density at radius 2 is 1.78 bits per heavy atom. The first-order chi connectivity index (χ1) is 15.4. The van der Waals surface area contributed by atoms with Gasteiger partial charge in [0.25, 0.3) is 5.56 Å². The highest BCUT2D eigenvalue weighted by Crippen LogP contribution is 2.24. The number of hydrogen-bond acceptors (Lipinski definition) is 3. The molecule has 162 valence electrons. The topological polar surface area (TPSA) is 67.2 Å². The largest absolute Gasteiger partial charge is 0.322 e. The molecule has 2 amide bonds. The van der Waals surface area contributed by atoms with Crippen LogP contribution in [0.25, 0.3) is 16.6 Å². The number of benzene rings is 3. The number of fused-ring (bicyclic) bond motifs is 1. The van der Waals surface area contributed by atoms with E-state index in [1.165, 1.54) is 4.90 Å². The molecule has 0 saturated carbocycles. The van der Waals surface area contributed by atoms with Gasteiger partial charge in [-0.05, 0) is 55.8 Å². The van der Waals surface area contributed by atoms with Crippen molar-refractivity contribution >= 4 is 34.2 Å². The highest BCUT2D eigenvalue weighted by molar-refractivity contribution is 6.30. The van der Waals surface area contributed by atoms with E-state index in [-0.39, 0.29) is 11.6 Å². The molecule has 0 spiro atoms. The van der Waals surface area contributed by atoms with E-state index in [1.807, 2.05) is 50.2 Å². The van der Waals surface area contributed by atoms with Crippen LogP contribution < -0.4 is 10.9 Å². The van der Waals surface area contributed by atoms with Gasteiger partial charge in [-0.2, -0.15) is 0 Å². The number of halogens is 1. The Bertz CT molecular complexity index is 1370. The average molecular weight is 447 g/mol. The Kier molecular flexibility index (Phi) is 5.97. The number of anilines is 1. The number of para-hydroxylation sites is 2. The lowest BCUT2D eigenvalue weighted by molar-refractivity contribution is 0.205. The zero-order chi connectivity index (χ0) is 22.8. The first-order valence-electron chi connectivity index (χ1n) is 10.2. The summed E-state index contributed by atoms with van der Waals surface area (Å²) in [7, 11) is 1.67. The predicted octanol–water partition coefficient (Wildman–Crippen LogP) is 5.57. The lowest BCUT2D eigenvalue weighted by Crippen LogP contribution is -2.37. The molecule has 1 N–H and O–H groups in total. The third-order valence-electron chi connectivity index (χ3n) is 5.51. The van der Waals surface area contributed by atoms with Gasteiger partial charge in [-0.25, -0.2) is 9.78 Å². The number of aryl methyl sites for hydroxylation is 1. The molecule has 32 heavy (non-hydrogen) atoms. The normalized spacial score (nSPS) is 11.9. The van der Waals surface area contributed by atoms with E-state index in [1.54, 1.807) is 48.0 Å². The maximum Gasteiger partial charge on any atom is 0.322 e. The molecule has 0 bridgehead atoms. The number of carbonyl (C=O) groups excluding carboxylic acids is 1. The molecule has 0 aliphatic rings. The molecular weight excluding hydrogens is 424 g/mol. The number of aromatic nitrogens is 2. The highest BCUT2D eigenvalue weighted by atomic mass is 35.5. The maximum atomic E-state index is 13.5. The molecule has 6 nitrogen and oxygen atoms in total. The molecule has 0 radical (unpaired) electrons. The van der Waals surface area contributed by atoms with Crippen molar-refractivity contribution in [3.63, 3.8) is 0 Å². The Morgan fingerprint density at radius 3 is 2.53 bits per heavy atom. The fraction of sp³-hybridized carbons (Fsp3) is 0.160. The Labute approximate surface area is 191 Å². The molecular formula is C25H23ClN4O2. The van der Waals surface area contributed by atoms with E-state index in [0.717, 1.165) is 11.3 Å². The standard InChI is InChI=1S/C25H23ClN4O2/c1-16-9-4-7-14-22(16)30-23(28-21-13-6-5-12-20(21)24(30)31)17(2)29(3)25(32)27-19-11-8-10-18(26)15-19/h4-15,17H,1-3H3,(H,27,32). The molecule has 0 aliphatic carbocycles. The van der Waals surface area contributed by atoms with Crippen molar-refractivity contribution in [3.8, 4) is 5.69 Å². The van der Waals surface area contributed by atoms with E-state index in [0.29, 0.717) is 27.4 Å². The second-order valence-corrected chi connectivity index (χ2v) is 8.08. The summed E-state index contributed by atoms with van der Waals surface area (Å²) in [5.74, 6) is 0.478. The van der Waals surface area contributed by atoms with Gasteiger partial charge in [-0.15, -0.1) is 0 Å². The summed E-state index contributed by atoms with van der Waals surface area (Å²) >= 11 is 6.03. The number of nitrogens with zero attached hydrogens (tertiary/aromatic N) is 3. The summed E-state index contributed by atoms with van der Waals surface area (Å²) in [4.78, 5) is 32.8. The van der Waals surface area contributed by atoms with Crippen LogP contribution in [0.2, 0.25) is 5.02 Å². The van der Waals surface area contributed by atoms with Gasteiger partial charge < -0.3 is 10.2 Å². The molecule has 0 aliphatic heterocycles. The van der Waals surface area contributed by atoms with Gasteiger partial charge in [0.05, 0.1) is 22.6 Å². The third kappa shape index (κ3) is 4.09. The number of nitrogens with one attached hydrogen (secondary N) is 1. The number of rotatable bonds is 4. The van der Waals surface area contributed by atoms with Crippen LogP contribution in [0.1, 0.15) is 24.4 Å². The first kappa shape index (κ1) is 21.6. The Hall–Kier alpha value is -3.64. The van der Waals surface area contributed by atoms with Crippen molar-refractivity contribution in [1.82, 2.24) is 14.5 Å². The summed E-state index contributed by atoms with van der Waals surface area (Å²) in [6.07, 6.45) is 0. The van der Waals surface area contributed by atoms with E-state index in [2.05, 4.69) is 5.32 Å². The minimum Gasteiger partial charge on any atom is -0.318 e. The van der Waals surface area contributed by atoms with Gasteiger partial charge in [-0.1, -0.05) is 48.0 Å². The lowest BCUT2D eigenvalue weighted by Gasteiger charge is -2.27. The smallest absolute Gasteiger partial charge is 0.318 e. The van der Waals surface area contributed by atoms with Crippen molar-refractivity contribution in [2.24, 2.45) is 0 Å². The van der Waals surface area contributed by atoms with Crippen LogP contribution in [-0.4, -0.2) is 27.5 Å². The van der Waals surface area contributed by atoms with Gasteiger partial charge in [0, 0.05) is 17.8 Å². The molecule has 1 aromatic heterocycles. The number of amides is 2. The van der Waals surface area contributed by atoms with E-state index in [9.17, 15) is 9.59 Å². The zero-order valence-corrected chi connectivity index (χ0v) is 18.8. The van der Waals surface area contributed by atoms with Crippen molar-refractivity contribution in [2.45, 2.75) is 19.9 Å². The van der Waals surface area contributed by atoms with Crippen molar-refractivity contribution in [3.05, 3.63) is 99.6 Å². The molecule has 1 unspecified atom stereocenters. The number of hydrogen-bond donors (Lipinski definition) is 1. The second-order valence-electron chi connectivity index (χ2n) is 7.64. The number of carbonyl (C=O) groups is 1. The second kappa shape index (κ2) is 8.85. The SMILES string of the molecule is Cc1ccccc1-n1c(C(C)N(C)C(=O)Nc2cccc(Cl)c2)nc2ccccc2c1=O. The van der Waals surface area contributed by atoms with Crippen LogP contribution in [0.15, 0.2) is 77.6 Å². The quantitative estimate of drug-likeness (QED) is 0.445. The predicted molar refractivity (Wildman–Crippen MR) is 129 cm³/mol. The molecule has 0 fully saturated rings. The molecule has 4 rings (SSSR count). The van der Waals surface area contributed by atoms with Crippen LogP contribution in [0.5, 0.6) is 0 Å². The molecule has 4 aromatic rings. The van der Waals surface area contributed by atoms with Gasteiger partial charge in [0.2, 0.25) is 0 Å². The van der Waals surface area contributed by atoms with Crippen LogP contribution in [0.4, 0.5) is 10.5 Å². The minimum absolute atomic E-state index is 0.171. The van der Waals surface area contributed by atoms with Crippen LogP contribution >= 0.6 is 11.6 Å². The highest BCUT2D eigenvalue weighted by Gasteiger charge is 2.24. The summed E-state index contributed by atoms with van der Waals surface area (Å²) in [5.41, 5.74) is 2.68. The fourth-order valence-electron chi connectivity index (χ4n) is 3.60. The molecule has 3 aromatic carbocycles. The van der Waals surface area contributed by atoms with Crippen LogP contribution in [0, 0.1) is 6.92 Å². The zero-order valence-electron chi connectivity index (χ0n) is 18.0. The summed E-state index contributed by atoms with van der Waals surface area (Å²) < 4.78 is 1.60. The first-order valence-corrected chi connectivity index (χ1v) is 10.6. The van der Waals surface area contributed by atoms with Gasteiger partial charge in [0.15, 0.2) is 0 Å². The van der Waals surface area contributed by atoms with Gasteiger partial charge in [-0.3, -0.25) is 9.36 Å². The Balaban J connectivity index is 1.80. The van der Waals surface area contributed by atoms with Crippen LogP contribution in [-0.2, 0) is 0 Å². The monoisotopic (exact) mass is 446 g/mol. The lowest BCUT2D eigenvalue weighted by atomic mass is 10.1. The maximum absolute atomic E-state index is 13.5. The van der Waals surface area contributed by atoms with Crippen molar-refractivity contribution in [2.75, 3.05) is 12.4 Å². The van der Waals surface area contributed by atoms with E-state index >= 15 is 0 Å². The van der Waals surface area contributed by atoms with Crippen LogP contribution in [0.3, 0.4) is 0 Å².